The Morgan fingerprint density at radius 3 is 2.77 bits per heavy atom. The quantitative estimate of drug-likeness (QED) is 0.512. The van der Waals surface area contributed by atoms with Crippen LogP contribution in [0.25, 0.3) is 0 Å². The molecule has 5 atom stereocenters. The molecule has 2 aliphatic carbocycles. The first-order chi connectivity index (χ1) is 10.3. The lowest BCUT2D eigenvalue weighted by molar-refractivity contribution is -0.126. The van der Waals surface area contributed by atoms with Crippen LogP contribution in [-0.4, -0.2) is 17.5 Å². The molecule has 122 valence electrons. The molecular weight excluding hydrogens is 272 g/mol. The predicted octanol–water partition coefficient (Wildman–Crippen LogP) is 4.84. The smallest absolute Gasteiger partial charge is 0.139 e. The molecule has 0 radical (unpaired) electrons. The van der Waals surface area contributed by atoms with Gasteiger partial charge in [0.05, 0.1) is 11.7 Å². The van der Waals surface area contributed by atoms with Crippen molar-refractivity contribution in [1.29, 1.82) is 0 Å². The zero-order chi connectivity index (χ0) is 16.1. The molecule has 0 bridgehead atoms. The van der Waals surface area contributed by atoms with Crippen molar-refractivity contribution >= 4 is 5.78 Å². The number of carbonyl (C=O) groups excluding carboxylic acids is 1. The van der Waals surface area contributed by atoms with Crippen LogP contribution in [0, 0.1) is 17.3 Å². The van der Waals surface area contributed by atoms with Gasteiger partial charge in [-0.1, -0.05) is 30.7 Å². The first-order valence-corrected chi connectivity index (χ1v) is 8.78. The average molecular weight is 302 g/mol. The summed E-state index contributed by atoms with van der Waals surface area (Å²) in [4.78, 5) is 12.8. The van der Waals surface area contributed by atoms with Crippen molar-refractivity contribution in [3.8, 4) is 0 Å². The highest BCUT2D eigenvalue weighted by Crippen LogP contribution is 2.54. The number of hydrogen-bond donors (Lipinski definition) is 0. The topological polar surface area (TPSA) is 29.6 Å². The van der Waals surface area contributed by atoms with Gasteiger partial charge in [0, 0.05) is 11.8 Å². The number of Topliss-reactive ketones (excluding diaryl/α,β-unsaturated/α-hetero) is 1. The Morgan fingerprint density at radius 1 is 1.36 bits per heavy atom. The number of rotatable bonds is 1. The maximum absolute atomic E-state index is 12.8. The summed E-state index contributed by atoms with van der Waals surface area (Å²) >= 11 is 0. The summed E-state index contributed by atoms with van der Waals surface area (Å²) in [5, 5.41) is 0. The van der Waals surface area contributed by atoms with Crippen LogP contribution >= 0.6 is 0 Å². The highest BCUT2D eigenvalue weighted by atomic mass is 16.6. The fourth-order valence-electron chi connectivity index (χ4n) is 4.69. The van der Waals surface area contributed by atoms with Gasteiger partial charge >= 0.3 is 0 Å². The van der Waals surface area contributed by atoms with Gasteiger partial charge in [-0.25, -0.2) is 0 Å². The lowest BCUT2D eigenvalue weighted by Crippen LogP contribution is -2.31. The van der Waals surface area contributed by atoms with Gasteiger partial charge in [0.2, 0.25) is 0 Å². The van der Waals surface area contributed by atoms with Crippen LogP contribution in [0.4, 0.5) is 0 Å². The average Bonchev–Trinajstić information content (AvgIpc) is 3.03. The highest BCUT2D eigenvalue weighted by Gasteiger charge is 2.55. The van der Waals surface area contributed by atoms with E-state index in [1.54, 1.807) is 0 Å². The van der Waals surface area contributed by atoms with E-state index in [1.807, 2.05) is 0 Å². The molecule has 3 aliphatic rings. The number of epoxide rings is 1. The van der Waals surface area contributed by atoms with E-state index >= 15 is 0 Å². The first-order valence-electron chi connectivity index (χ1n) is 8.78. The molecule has 0 aromatic heterocycles. The van der Waals surface area contributed by atoms with Gasteiger partial charge in [0.25, 0.3) is 0 Å². The molecule has 1 aliphatic heterocycles. The summed E-state index contributed by atoms with van der Waals surface area (Å²) < 4.78 is 5.99. The van der Waals surface area contributed by atoms with Crippen LogP contribution in [-0.2, 0) is 9.53 Å². The molecule has 3 rings (SSSR count). The van der Waals surface area contributed by atoms with Crippen molar-refractivity contribution in [3.05, 3.63) is 23.8 Å². The molecule has 0 aromatic carbocycles. The predicted molar refractivity (Wildman–Crippen MR) is 89.6 cm³/mol. The Morgan fingerprint density at radius 2 is 2.09 bits per heavy atom. The van der Waals surface area contributed by atoms with Crippen molar-refractivity contribution < 1.29 is 9.53 Å². The van der Waals surface area contributed by atoms with E-state index in [1.165, 1.54) is 11.1 Å². The first kappa shape index (κ1) is 16.0. The van der Waals surface area contributed by atoms with Gasteiger partial charge in [-0.2, -0.15) is 0 Å². The minimum Gasteiger partial charge on any atom is -0.366 e. The minimum absolute atomic E-state index is 0.0524. The Kier molecular flexibility index (Phi) is 3.87. The van der Waals surface area contributed by atoms with Crippen molar-refractivity contribution in [2.45, 2.75) is 77.9 Å². The fourth-order valence-corrected chi connectivity index (χ4v) is 4.69. The second-order valence-corrected chi connectivity index (χ2v) is 8.36. The van der Waals surface area contributed by atoms with Crippen LogP contribution in [0.2, 0.25) is 0 Å². The van der Waals surface area contributed by atoms with Crippen molar-refractivity contribution in [2.24, 2.45) is 17.3 Å². The van der Waals surface area contributed by atoms with Gasteiger partial charge in [-0.15, -0.1) is 0 Å². The molecule has 22 heavy (non-hydrogen) atoms. The lowest BCUT2D eigenvalue weighted by atomic mass is 9.70. The van der Waals surface area contributed by atoms with Crippen molar-refractivity contribution in [3.63, 3.8) is 0 Å². The third kappa shape index (κ3) is 2.60. The van der Waals surface area contributed by atoms with E-state index in [2.05, 4.69) is 40.3 Å². The third-order valence-electron chi connectivity index (χ3n) is 6.64. The van der Waals surface area contributed by atoms with E-state index in [9.17, 15) is 4.79 Å². The number of ketones is 1. The highest BCUT2D eigenvalue weighted by molar-refractivity contribution is 5.88. The minimum atomic E-state index is -0.212. The van der Waals surface area contributed by atoms with Gasteiger partial charge in [0.15, 0.2) is 0 Å². The molecule has 0 spiro atoms. The van der Waals surface area contributed by atoms with Gasteiger partial charge in [-0.3, -0.25) is 4.79 Å². The standard InChI is InChI=1S/C20H30O2/c1-13(2)15-12-17(21)19(4)10-8-14(3)6-7-18-20(5,22-18)11-9-16(15)19/h8,15-16,18H,1,6-7,9-12H2,2-5H3/b14-8+/t15-,16+,18+,19-,20+/m1/s1. The van der Waals surface area contributed by atoms with E-state index in [0.29, 0.717) is 30.1 Å². The van der Waals surface area contributed by atoms with Crippen LogP contribution in [0.1, 0.15) is 66.2 Å². The normalized spacial score (nSPS) is 47.7. The molecule has 2 nitrogen and oxygen atoms in total. The van der Waals surface area contributed by atoms with Gasteiger partial charge in [-0.05, 0) is 64.7 Å². The summed E-state index contributed by atoms with van der Waals surface area (Å²) in [5.41, 5.74) is 2.43. The van der Waals surface area contributed by atoms with Crippen LogP contribution in [0.5, 0.6) is 0 Å². The molecular formula is C20H30O2. The largest absolute Gasteiger partial charge is 0.366 e. The fraction of sp³-hybridized carbons (Fsp3) is 0.750. The molecule has 2 heteroatoms. The summed E-state index contributed by atoms with van der Waals surface area (Å²) in [5.74, 6) is 1.21. The van der Waals surface area contributed by atoms with E-state index in [4.69, 9.17) is 4.74 Å². The molecule has 0 amide bonds. The maximum atomic E-state index is 12.8. The number of allylic oxidation sites excluding steroid dienone is 3. The molecule has 1 heterocycles. The number of hydrogen-bond acceptors (Lipinski definition) is 2. The van der Waals surface area contributed by atoms with E-state index in [-0.39, 0.29) is 11.0 Å². The molecule has 0 N–H and O–H groups in total. The lowest BCUT2D eigenvalue weighted by Gasteiger charge is -2.33. The van der Waals surface area contributed by atoms with Crippen molar-refractivity contribution in [1.82, 2.24) is 0 Å². The van der Waals surface area contributed by atoms with Crippen LogP contribution in [0.3, 0.4) is 0 Å². The SMILES string of the molecule is C=C(C)[C@H]1CC(=O)[C@]2(C)C/C=C(\C)CC[C@@H]3O[C@@]3(C)CC[C@@H]12. The zero-order valence-corrected chi connectivity index (χ0v) is 14.6. The molecule has 1 saturated heterocycles. The Bertz CT molecular complexity index is 532. The van der Waals surface area contributed by atoms with Crippen molar-refractivity contribution in [2.75, 3.05) is 0 Å². The van der Waals surface area contributed by atoms with Crippen LogP contribution in [0.15, 0.2) is 23.8 Å². The number of ether oxygens (including phenoxy) is 1. The molecule has 2 fully saturated rings. The zero-order valence-electron chi connectivity index (χ0n) is 14.6. The number of fused-ring (bicyclic) bond motifs is 2. The second-order valence-electron chi connectivity index (χ2n) is 8.36. The summed E-state index contributed by atoms with van der Waals surface area (Å²) in [7, 11) is 0. The molecule has 1 saturated carbocycles. The third-order valence-corrected chi connectivity index (χ3v) is 6.64. The second kappa shape index (κ2) is 5.33. The summed E-state index contributed by atoms with van der Waals surface area (Å²) in [6.45, 7) is 12.9. The number of carbonyl (C=O) groups is 1. The summed E-state index contributed by atoms with van der Waals surface area (Å²) in [6.07, 6.45) is 8.70. The Labute approximate surface area is 135 Å². The maximum Gasteiger partial charge on any atom is 0.139 e. The van der Waals surface area contributed by atoms with Crippen LogP contribution < -0.4 is 0 Å². The Balaban J connectivity index is 1.92. The Hall–Kier alpha value is -0.890. The van der Waals surface area contributed by atoms with E-state index < -0.39 is 0 Å². The molecule has 0 aromatic rings. The van der Waals surface area contributed by atoms with E-state index in [0.717, 1.165) is 32.1 Å². The monoisotopic (exact) mass is 302 g/mol. The van der Waals surface area contributed by atoms with Gasteiger partial charge in [0.1, 0.15) is 5.78 Å². The molecule has 0 unspecified atom stereocenters. The summed E-state index contributed by atoms with van der Waals surface area (Å²) in [6, 6.07) is 0. The van der Waals surface area contributed by atoms with Gasteiger partial charge < -0.3 is 4.74 Å².